The van der Waals surface area contributed by atoms with Crippen molar-refractivity contribution in [2.75, 3.05) is 19.6 Å². The van der Waals surface area contributed by atoms with Crippen LogP contribution in [0.3, 0.4) is 0 Å². The molecule has 2 atom stereocenters. The van der Waals surface area contributed by atoms with Crippen molar-refractivity contribution in [2.45, 2.75) is 32.4 Å². The lowest BCUT2D eigenvalue weighted by Gasteiger charge is -2.28. The van der Waals surface area contributed by atoms with E-state index >= 15 is 0 Å². The van der Waals surface area contributed by atoms with Crippen molar-refractivity contribution in [3.63, 3.8) is 0 Å². The molecule has 18 heavy (non-hydrogen) atoms. The molecule has 0 aromatic carbocycles. The molecule has 2 unspecified atom stereocenters. The van der Waals surface area contributed by atoms with Gasteiger partial charge < -0.3 is 10.6 Å². The first-order valence-corrected chi connectivity index (χ1v) is 5.92. The fraction of sp³-hybridized carbons (Fsp3) is 0.909. The maximum atomic E-state index is 11.9. The van der Waals surface area contributed by atoms with Gasteiger partial charge >= 0.3 is 6.18 Å². The van der Waals surface area contributed by atoms with Crippen LogP contribution in [0.5, 0.6) is 0 Å². The summed E-state index contributed by atoms with van der Waals surface area (Å²) in [5.74, 6) is -0.00295. The smallest absolute Gasteiger partial charge is 0.347 e. The molecule has 0 saturated carbocycles. The largest absolute Gasteiger partial charge is 0.405 e. The van der Waals surface area contributed by atoms with E-state index in [4.69, 9.17) is 0 Å². The maximum Gasteiger partial charge on any atom is 0.405 e. The predicted octanol–water partition coefficient (Wildman–Crippen LogP) is 2.11. The number of halogens is 4. The average Bonchev–Trinajstić information content (AvgIpc) is 2.27. The summed E-state index contributed by atoms with van der Waals surface area (Å²) in [5.41, 5.74) is 0. The van der Waals surface area contributed by atoms with Gasteiger partial charge in [-0.05, 0) is 37.8 Å². The molecule has 2 N–H and O–H groups in total. The minimum absolute atomic E-state index is 0. The van der Waals surface area contributed by atoms with Gasteiger partial charge in [0.15, 0.2) is 0 Å². The highest BCUT2D eigenvalue weighted by Gasteiger charge is 2.28. The Labute approximate surface area is 111 Å². The van der Waals surface area contributed by atoms with Crippen LogP contribution in [0.2, 0.25) is 0 Å². The molecule has 108 valence electrons. The molecule has 1 amide bonds. The van der Waals surface area contributed by atoms with Crippen molar-refractivity contribution in [3.05, 3.63) is 0 Å². The second kappa shape index (κ2) is 7.84. The zero-order valence-corrected chi connectivity index (χ0v) is 11.2. The summed E-state index contributed by atoms with van der Waals surface area (Å²) in [6.07, 6.45) is -2.05. The van der Waals surface area contributed by atoms with Crippen LogP contribution < -0.4 is 10.6 Å². The van der Waals surface area contributed by atoms with Crippen LogP contribution in [0, 0.1) is 11.8 Å². The van der Waals surface area contributed by atoms with Crippen molar-refractivity contribution < 1.29 is 18.0 Å². The molecule has 1 fully saturated rings. The third-order valence-corrected chi connectivity index (χ3v) is 3.13. The summed E-state index contributed by atoms with van der Waals surface area (Å²) in [4.78, 5) is 11.3. The highest BCUT2D eigenvalue weighted by Crippen LogP contribution is 2.22. The molecule has 0 aromatic rings. The molecule has 0 aromatic heterocycles. The van der Waals surface area contributed by atoms with E-state index in [1.54, 1.807) is 0 Å². The number of alkyl halides is 3. The van der Waals surface area contributed by atoms with Crippen molar-refractivity contribution in [3.8, 4) is 0 Å². The van der Waals surface area contributed by atoms with Crippen LogP contribution in [0.4, 0.5) is 13.2 Å². The quantitative estimate of drug-likeness (QED) is 0.832. The lowest BCUT2D eigenvalue weighted by molar-refractivity contribution is -0.139. The maximum absolute atomic E-state index is 11.9. The van der Waals surface area contributed by atoms with Crippen molar-refractivity contribution >= 4 is 18.3 Å². The van der Waals surface area contributed by atoms with E-state index in [9.17, 15) is 18.0 Å². The number of amides is 1. The Hall–Kier alpha value is -0.490. The fourth-order valence-electron chi connectivity index (χ4n) is 2.09. The molecule has 1 rings (SSSR count). The third-order valence-electron chi connectivity index (χ3n) is 3.13. The Morgan fingerprint density at radius 1 is 1.50 bits per heavy atom. The van der Waals surface area contributed by atoms with Gasteiger partial charge in [0.25, 0.3) is 0 Å². The molecule has 1 heterocycles. The lowest BCUT2D eigenvalue weighted by atomic mass is 9.85. The zero-order valence-electron chi connectivity index (χ0n) is 10.3. The van der Waals surface area contributed by atoms with Crippen LogP contribution in [0.1, 0.15) is 26.2 Å². The van der Waals surface area contributed by atoms with Crippen molar-refractivity contribution in [2.24, 2.45) is 11.8 Å². The Morgan fingerprint density at radius 2 is 2.17 bits per heavy atom. The molecule has 3 nitrogen and oxygen atoms in total. The summed E-state index contributed by atoms with van der Waals surface area (Å²) in [7, 11) is 0. The second-order valence-corrected chi connectivity index (χ2v) is 4.68. The molecule has 0 radical (unpaired) electrons. The van der Waals surface area contributed by atoms with Crippen LogP contribution in [-0.2, 0) is 4.79 Å². The van der Waals surface area contributed by atoms with E-state index in [2.05, 4.69) is 5.32 Å². The molecule has 7 heteroatoms. The Kier molecular flexibility index (Phi) is 7.62. The predicted molar refractivity (Wildman–Crippen MR) is 65.7 cm³/mol. The van der Waals surface area contributed by atoms with E-state index in [1.807, 2.05) is 12.2 Å². The number of rotatable bonds is 4. The molecular formula is C11H20ClF3N2O. The molecule has 1 saturated heterocycles. The van der Waals surface area contributed by atoms with Crippen LogP contribution >= 0.6 is 12.4 Å². The monoisotopic (exact) mass is 288 g/mol. The first-order valence-electron chi connectivity index (χ1n) is 5.92. The summed E-state index contributed by atoms with van der Waals surface area (Å²) in [6, 6.07) is 0. The van der Waals surface area contributed by atoms with Gasteiger partial charge in [-0.25, -0.2) is 0 Å². The van der Waals surface area contributed by atoms with Gasteiger partial charge in [0, 0.05) is 6.42 Å². The van der Waals surface area contributed by atoms with Gasteiger partial charge in [-0.15, -0.1) is 12.4 Å². The Bertz CT molecular complexity index is 255. The SMILES string of the molecule is CC(CC(=O)NCC(F)(F)F)C1CCCNC1.Cl. The van der Waals surface area contributed by atoms with Gasteiger partial charge in [0.1, 0.15) is 6.54 Å². The number of piperidine rings is 1. The van der Waals surface area contributed by atoms with E-state index < -0.39 is 18.6 Å². The molecule has 0 aliphatic carbocycles. The second-order valence-electron chi connectivity index (χ2n) is 4.68. The van der Waals surface area contributed by atoms with Crippen molar-refractivity contribution in [1.82, 2.24) is 10.6 Å². The average molecular weight is 289 g/mol. The van der Waals surface area contributed by atoms with Gasteiger partial charge in [-0.1, -0.05) is 6.92 Å². The molecule has 1 aliphatic rings. The topological polar surface area (TPSA) is 41.1 Å². The Morgan fingerprint density at radius 3 is 2.67 bits per heavy atom. The summed E-state index contributed by atoms with van der Waals surface area (Å²) < 4.78 is 35.6. The first kappa shape index (κ1) is 17.5. The van der Waals surface area contributed by atoms with E-state index in [0.717, 1.165) is 25.9 Å². The van der Waals surface area contributed by atoms with Gasteiger partial charge in [-0.3, -0.25) is 4.79 Å². The van der Waals surface area contributed by atoms with E-state index in [1.165, 1.54) is 0 Å². The Balaban J connectivity index is 0.00000289. The molecule has 0 bridgehead atoms. The highest BCUT2D eigenvalue weighted by atomic mass is 35.5. The zero-order chi connectivity index (χ0) is 12.9. The minimum atomic E-state index is -4.33. The van der Waals surface area contributed by atoms with Crippen LogP contribution in [0.25, 0.3) is 0 Å². The fourth-order valence-corrected chi connectivity index (χ4v) is 2.09. The van der Waals surface area contributed by atoms with E-state index in [0.29, 0.717) is 5.92 Å². The standard InChI is InChI=1S/C11H19F3N2O.ClH/c1-8(9-3-2-4-15-6-9)5-10(17)16-7-11(12,13)14;/h8-9,15H,2-7H2,1H3,(H,16,17);1H. The number of carbonyl (C=O) groups is 1. The minimum Gasteiger partial charge on any atom is -0.347 e. The van der Waals surface area contributed by atoms with Gasteiger partial charge in [-0.2, -0.15) is 13.2 Å². The third kappa shape index (κ3) is 7.06. The summed E-state index contributed by atoms with van der Waals surface area (Å²) in [5, 5.41) is 5.14. The molecule has 0 spiro atoms. The normalized spacial score (nSPS) is 21.9. The number of hydrogen-bond acceptors (Lipinski definition) is 2. The number of carbonyl (C=O) groups excluding carboxylic acids is 1. The van der Waals surface area contributed by atoms with Crippen LogP contribution in [-0.4, -0.2) is 31.7 Å². The van der Waals surface area contributed by atoms with Crippen LogP contribution in [0.15, 0.2) is 0 Å². The lowest BCUT2D eigenvalue weighted by Crippen LogP contribution is -2.38. The van der Waals surface area contributed by atoms with Crippen molar-refractivity contribution in [1.29, 1.82) is 0 Å². The van der Waals surface area contributed by atoms with E-state index in [-0.39, 0.29) is 24.7 Å². The summed E-state index contributed by atoms with van der Waals surface area (Å²) in [6.45, 7) is 2.53. The number of nitrogens with one attached hydrogen (secondary N) is 2. The highest BCUT2D eigenvalue weighted by molar-refractivity contribution is 5.85. The first-order chi connectivity index (χ1) is 7.88. The number of hydrogen-bond donors (Lipinski definition) is 2. The summed E-state index contributed by atoms with van der Waals surface area (Å²) >= 11 is 0. The van der Waals surface area contributed by atoms with Gasteiger partial charge in [0.05, 0.1) is 0 Å². The van der Waals surface area contributed by atoms with Gasteiger partial charge in [0.2, 0.25) is 5.91 Å². The molecule has 1 aliphatic heterocycles. The molecular weight excluding hydrogens is 269 g/mol.